The molecular formula is C26H40N2O6. The number of ether oxygens (including phenoxy) is 2. The molecule has 2 unspecified atom stereocenters. The number of aliphatic hydroxyl groups excluding tert-OH is 1. The van der Waals surface area contributed by atoms with Crippen LogP contribution in [-0.4, -0.2) is 81.3 Å². The molecular weight excluding hydrogens is 436 g/mol. The van der Waals surface area contributed by atoms with E-state index in [-0.39, 0.29) is 25.0 Å². The van der Waals surface area contributed by atoms with Crippen LogP contribution in [0, 0.1) is 11.8 Å². The monoisotopic (exact) mass is 476 g/mol. The predicted octanol–water partition coefficient (Wildman–Crippen LogP) is 2.45. The van der Waals surface area contributed by atoms with Gasteiger partial charge in [-0.15, -0.1) is 6.58 Å². The van der Waals surface area contributed by atoms with E-state index in [1.165, 1.54) is 11.0 Å². The zero-order valence-corrected chi connectivity index (χ0v) is 21.2. The number of likely N-dealkylation sites (tertiary alicyclic amines) is 1. The Balaban J connectivity index is 2.17. The van der Waals surface area contributed by atoms with Crippen molar-refractivity contribution in [2.75, 3.05) is 19.8 Å². The van der Waals surface area contributed by atoms with Crippen molar-refractivity contribution in [3.8, 4) is 0 Å². The van der Waals surface area contributed by atoms with Crippen LogP contribution in [0.15, 0.2) is 25.3 Å². The summed E-state index contributed by atoms with van der Waals surface area (Å²) in [5.74, 6) is -2.70. The number of esters is 1. The summed E-state index contributed by atoms with van der Waals surface area (Å²) in [4.78, 5) is 44.7. The van der Waals surface area contributed by atoms with Crippen LogP contribution < -0.4 is 0 Å². The number of carbonyl (C=O) groups excluding carboxylic acids is 3. The lowest BCUT2D eigenvalue weighted by atomic mass is 9.65. The first kappa shape index (κ1) is 26.4. The number of fused-ring (bicyclic) bond motifs is 1. The molecule has 0 saturated carbocycles. The highest BCUT2D eigenvalue weighted by Crippen LogP contribution is 2.65. The fourth-order valence-corrected chi connectivity index (χ4v) is 6.30. The first-order valence-electron chi connectivity index (χ1n) is 12.3. The Kier molecular flexibility index (Phi) is 7.35. The molecule has 2 bridgehead atoms. The van der Waals surface area contributed by atoms with Crippen molar-refractivity contribution in [2.45, 2.75) is 89.1 Å². The summed E-state index contributed by atoms with van der Waals surface area (Å²) in [6.07, 6.45) is 5.20. The molecule has 6 atom stereocenters. The SMILES string of the molecule is C=CCOC(=O)[C@H]1[C@H]2C(=O)N([C@@H](CC)CO)C(C(=O)N(CC=C)C(C)(C)C)C23CC[C@]1(CC)O3. The number of hydrogen-bond donors (Lipinski definition) is 1. The number of carbonyl (C=O) groups is 3. The van der Waals surface area contributed by atoms with E-state index in [1.807, 2.05) is 34.6 Å². The van der Waals surface area contributed by atoms with Crippen molar-refractivity contribution in [1.82, 2.24) is 9.80 Å². The van der Waals surface area contributed by atoms with Gasteiger partial charge in [0.25, 0.3) is 0 Å². The Bertz CT molecular complexity index is 847. The van der Waals surface area contributed by atoms with E-state index in [0.29, 0.717) is 32.2 Å². The van der Waals surface area contributed by atoms with Crippen molar-refractivity contribution in [1.29, 1.82) is 0 Å². The summed E-state index contributed by atoms with van der Waals surface area (Å²) < 4.78 is 12.1. The zero-order valence-electron chi connectivity index (χ0n) is 21.2. The zero-order chi connectivity index (χ0) is 25.5. The maximum atomic E-state index is 14.2. The fraction of sp³-hybridized carbons (Fsp3) is 0.731. The average molecular weight is 477 g/mol. The van der Waals surface area contributed by atoms with Crippen LogP contribution in [0.4, 0.5) is 0 Å². The molecule has 3 aliphatic rings. The molecule has 0 radical (unpaired) electrons. The first-order chi connectivity index (χ1) is 16.0. The molecule has 0 aromatic carbocycles. The highest BCUT2D eigenvalue weighted by molar-refractivity contribution is 5.99. The molecule has 0 aromatic rings. The maximum absolute atomic E-state index is 14.2. The molecule has 8 nitrogen and oxygen atoms in total. The van der Waals surface area contributed by atoms with E-state index in [4.69, 9.17) is 9.47 Å². The van der Waals surface area contributed by atoms with Crippen molar-refractivity contribution < 1.29 is 29.0 Å². The van der Waals surface area contributed by atoms with Crippen molar-refractivity contribution in [3.63, 3.8) is 0 Å². The predicted molar refractivity (Wildman–Crippen MR) is 128 cm³/mol. The Labute approximate surface area is 202 Å². The minimum absolute atomic E-state index is 0.0421. The summed E-state index contributed by atoms with van der Waals surface area (Å²) in [6.45, 7) is 17.1. The number of hydrogen-bond acceptors (Lipinski definition) is 6. The number of aliphatic hydroxyl groups is 1. The Morgan fingerprint density at radius 1 is 1.29 bits per heavy atom. The molecule has 3 aliphatic heterocycles. The lowest BCUT2D eigenvalue weighted by Gasteiger charge is -2.43. The highest BCUT2D eigenvalue weighted by atomic mass is 16.6. The molecule has 0 aliphatic carbocycles. The van der Waals surface area contributed by atoms with Gasteiger partial charge in [0.15, 0.2) is 0 Å². The molecule has 190 valence electrons. The van der Waals surface area contributed by atoms with Gasteiger partial charge in [-0.1, -0.05) is 32.6 Å². The average Bonchev–Trinajstić information content (AvgIpc) is 3.40. The molecule has 1 N–H and O–H groups in total. The van der Waals surface area contributed by atoms with Gasteiger partial charge in [0.1, 0.15) is 24.2 Å². The van der Waals surface area contributed by atoms with Gasteiger partial charge in [-0.2, -0.15) is 0 Å². The van der Waals surface area contributed by atoms with Crippen LogP contribution in [0.5, 0.6) is 0 Å². The van der Waals surface area contributed by atoms with Gasteiger partial charge in [-0.25, -0.2) is 0 Å². The molecule has 3 heterocycles. The molecule has 34 heavy (non-hydrogen) atoms. The second-order valence-electron chi connectivity index (χ2n) is 10.7. The van der Waals surface area contributed by atoms with Crippen molar-refractivity contribution in [3.05, 3.63) is 25.3 Å². The molecule has 3 fully saturated rings. The number of rotatable bonds is 10. The smallest absolute Gasteiger partial charge is 0.313 e. The van der Waals surface area contributed by atoms with Crippen LogP contribution in [-0.2, 0) is 23.9 Å². The second kappa shape index (κ2) is 9.46. The van der Waals surface area contributed by atoms with E-state index in [1.54, 1.807) is 11.0 Å². The van der Waals surface area contributed by atoms with Crippen LogP contribution in [0.2, 0.25) is 0 Å². The molecule has 8 heteroatoms. The summed E-state index contributed by atoms with van der Waals surface area (Å²) in [5, 5.41) is 10.1. The first-order valence-corrected chi connectivity index (χ1v) is 12.3. The summed E-state index contributed by atoms with van der Waals surface area (Å²) in [6, 6.07) is -1.50. The minimum atomic E-state index is -1.14. The lowest BCUT2D eigenvalue weighted by Crippen LogP contribution is -2.61. The number of nitrogens with zero attached hydrogens (tertiary/aromatic N) is 2. The van der Waals surface area contributed by atoms with Gasteiger partial charge in [-0.05, 0) is 46.5 Å². The fourth-order valence-electron chi connectivity index (χ4n) is 6.30. The second-order valence-corrected chi connectivity index (χ2v) is 10.7. The molecule has 0 aromatic heterocycles. The Hall–Kier alpha value is -2.19. The standard InChI is InChI=1S/C26H40N2O6/c1-8-14-27(24(5,6)7)22(31)20-26-13-12-25(11-4,34-26)19(23(32)33-15-9-2)18(26)21(30)28(20)17(10-3)16-29/h8-9,17-20,29H,1-2,10-16H2,3-7H3/t17-,18-,19+,20?,25-,26?/m0/s1. The van der Waals surface area contributed by atoms with Gasteiger partial charge in [0.2, 0.25) is 11.8 Å². The van der Waals surface area contributed by atoms with Crippen LogP contribution in [0.3, 0.4) is 0 Å². The topological polar surface area (TPSA) is 96.4 Å². The van der Waals surface area contributed by atoms with Crippen LogP contribution >= 0.6 is 0 Å². The Morgan fingerprint density at radius 2 is 1.97 bits per heavy atom. The van der Waals surface area contributed by atoms with E-state index in [2.05, 4.69) is 13.2 Å². The van der Waals surface area contributed by atoms with Crippen molar-refractivity contribution >= 4 is 17.8 Å². The van der Waals surface area contributed by atoms with Crippen LogP contribution in [0.1, 0.15) is 60.3 Å². The maximum Gasteiger partial charge on any atom is 0.313 e. The van der Waals surface area contributed by atoms with Gasteiger partial charge < -0.3 is 24.4 Å². The minimum Gasteiger partial charge on any atom is -0.461 e. The lowest BCUT2D eigenvalue weighted by molar-refractivity contribution is -0.164. The van der Waals surface area contributed by atoms with Gasteiger partial charge in [-0.3, -0.25) is 14.4 Å². The Morgan fingerprint density at radius 3 is 2.47 bits per heavy atom. The van der Waals surface area contributed by atoms with E-state index in [0.717, 1.165) is 0 Å². The molecule has 3 rings (SSSR count). The van der Waals surface area contributed by atoms with Crippen molar-refractivity contribution in [2.24, 2.45) is 11.8 Å². The number of amides is 2. The normalized spacial score (nSPS) is 32.9. The van der Waals surface area contributed by atoms with Gasteiger partial charge in [0, 0.05) is 12.1 Å². The third kappa shape index (κ3) is 3.79. The third-order valence-corrected chi connectivity index (χ3v) is 7.91. The summed E-state index contributed by atoms with van der Waals surface area (Å²) in [7, 11) is 0. The highest BCUT2D eigenvalue weighted by Gasteiger charge is 2.79. The van der Waals surface area contributed by atoms with Gasteiger partial charge in [0.05, 0.1) is 24.2 Å². The van der Waals surface area contributed by atoms with Gasteiger partial charge >= 0.3 is 5.97 Å². The molecule has 1 spiro atoms. The molecule has 3 saturated heterocycles. The largest absolute Gasteiger partial charge is 0.461 e. The molecule has 2 amide bonds. The third-order valence-electron chi connectivity index (χ3n) is 7.91. The quantitative estimate of drug-likeness (QED) is 0.384. The van der Waals surface area contributed by atoms with E-state index < -0.39 is 46.6 Å². The summed E-state index contributed by atoms with van der Waals surface area (Å²) in [5.41, 5.74) is -2.53. The summed E-state index contributed by atoms with van der Waals surface area (Å²) >= 11 is 0. The van der Waals surface area contributed by atoms with Crippen LogP contribution in [0.25, 0.3) is 0 Å². The van der Waals surface area contributed by atoms with E-state index in [9.17, 15) is 19.5 Å². The van der Waals surface area contributed by atoms with E-state index >= 15 is 0 Å².